The lowest BCUT2D eigenvalue weighted by molar-refractivity contribution is 0.557. The average Bonchev–Trinajstić information content (AvgIpc) is 2.47. The van der Waals surface area contributed by atoms with Crippen molar-refractivity contribution in [2.24, 2.45) is 0 Å². The van der Waals surface area contributed by atoms with E-state index in [-0.39, 0.29) is 6.04 Å². The third-order valence-corrected chi connectivity index (χ3v) is 2.63. The molecule has 14 heavy (non-hydrogen) atoms. The summed E-state index contributed by atoms with van der Waals surface area (Å²) in [5, 5.41) is 8.67. The van der Waals surface area contributed by atoms with Crippen LogP contribution in [0.25, 0.3) is 0 Å². The molecule has 0 saturated carbocycles. The molecule has 1 aromatic rings. The number of nitrogens with zero attached hydrogens (tertiary/aromatic N) is 3. The molecule has 0 aliphatic rings. The molecule has 76 valence electrons. The van der Waals surface area contributed by atoms with E-state index in [1.54, 1.807) is 11.8 Å². The molecule has 5 heteroatoms. The first kappa shape index (κ1) is 10.9. The normalized spacial score (nSPS) is 10.4. The highest BCUT2D eigenvalue weighted by Crippen LogP contribution is 2.22. The Morgan fingerprint density at radius 3 is 2.86 bits per heavy atom. The summed E-state index contributed by atoms with van der Waals surface area (Å²) in [6, 6.07) is 0.276. The van der Waals surface area contributed by atoms with Crippen molar-refractivity contribution in [1.29, 1.82) is 0 Å². The molecule has 0 aromatic carbocycles. The second kappa shape index (κ2) is 4.91. The fourth-order valence-corrected chi connectivity index (χ4v) is 2.02. The van der Waals surface area contributed by atoms with Gasteiger partial charge in [0, 0.05) is 18.2 Å². The first-order chi connectivity index (χ1) is 6.66. The molecule has 0 aliphatic carbocycles. The summed E-state index contributed by atoms with van der Waals surface area (Å²) in [4.78, 5) is 0. The minimum absolute atomic E-state index is 0.276. The Hall–Kier alpha value is -1.15. The van der Waals surface area contributed by atoms with Crippen molar-refractivity contribution >= 4 is 17.7 Å². The third-order valence-electron chi connectivity index (χ3n) is 1.68. The lowest BCUT2D eigenvalue weighted by atomic mass is 10.4. The van der Waals surface area contributed by atoms with Gasteiger partial charge < -0.3 is 5.73 Å². The molecule has 1 heterocycles. The number of hydrogen-bond donors (Lipinski definition) is 1. The molecule has 1 aromatic heterocycles. The number of anilines is 1. The quantitative estimate of drug-likeness (QED) is 0.465. The van der Waals surface area contributed by atoms with Gasteiger partial charge in [-0.2, -0.15) is 0 Å². The zero-order chi connectivity index (χ0) is 10.6. The SMILES string of the molecule is C#CCCSc1nnc(N)n1C(C)C. The summed E-state index contributed by atoms with van der Waals surface area (Å²) in [5.41, 5.74) is 5.68. The van der Waals surface area contributed by atoms with Crippen molar-refractivity contribution in [3.8, 4) is 12.3 Å². The summed E-state index contributed by atoms with van der Waals surface area (Å²) in [5.74, 6) is 3.89. The molecule has 2 N–H and O–H groups in total. The molecule has 0 amide bonds. The number of aromatic nitrogens is 3. The van der Waals surface area contributed by atoms with Crippen LogP contribution in [-0.2, 0) is 0 Å². The lowest BCUT2D eigenvalue weighted by Crippen LogP contribution is -2.07. The number of hydrogen-bond acceptors (Lipinski definition) is 4. The van der Waals surface area contributed by atoms with Crippen molar-refractivity contribution in [3.05, 3.63) is 0 Å². The number of thioether (sulfide) groups is 1. The van der Waals surface area contributed by atoms with Crippen LogP contribution in [0.5, 0.6) is 0 Å². The molecular formula is C9H14N4S. The van der Waals surface area contributed by atoms with Crippen LogP contribution in [0.1, 0.15) is 26.3 Å². The smallest absolute Gasteiger partial charge is 0.222 e. The predicted octanol–water partition coefficient (Wildman–Crippen LogP) is 1.56. The van der Waals surface area contributed by atoms with E-state index in [1.165, 1.54) is 0 Å². The molecule has 0 spiro atoms. The number of terminal acetylenes is 1. The molecule has 1 rings (SSSR count). The molecule has 0 aliphatic heterocycles. The molecule has 0 fully saturated rings. The molecule has 0 radical (unpaired) electrons. The van der Waals surface area contributed by atoms with Gasteiger partial charge in [-0.15, -0.1) is 22.5 Å². The van der Waals surface area contributed by atoms with Gasteiger partial charge in [0.25, 0.3) is 0 Å². The Morgan fingerprint density at radius 2 is 2.29 bits per heavy atom. The molecular weight excluding hydrogens is 196 g/mol. The van der Waals surface area contributed by atoms with E-state index in [4.69, 9.17) is 12.2 Å². The van der Waals surface area contributed by atoms with Crippen molar-refractivity contribution in [1.82, 2.24) is 14.8 Å². The van der Waals surface area contributed by atoms with Gasteiger partial charge in [-0.05, 0) is 13.8 Å². The molecule has 0 bridgehead atoms. The monoisotopic (exact) mass is 210 g/mol. The Kier molecular flexibility index (Phi) is 3.84. The predicted molar refractivity (Wildman–Crippen MR) is 59.0 cm³/mol. The van der Waals surface area contributed by atoms with Crippen LogP contribution in [0.2, 0.25) is 0 Å². The van der Waals surface area contributed by atoms with Gasteiger partial charge in [-0.3, -0.25) is 4.57 Å². The fraction of sp³-hybridized carbons (Fsp3) is 0.556. The van der Waals surface area contributed by atoms with Crippen LogP contribution in [0.3, 0.4) is 0 Å². The maximum atomic E-state index is 5.68. The summed E-state index contributed by atoms with van der Waals surface area (Å²) in [6.07, 6.45) is 5.90. The van der Waals surface area contributed by atoms with Crippen LogP contribution in [0.15, 0.2) is 5.16 Å². The van der Waals surface area contributed by atoms with Gasteiger partial charge in [0.15, 0.2) is 5.16 Å². The molecule has 4 nitrogen and oxygen atoms in total. The second-order valence-electron chi connectivity index (χ2n) is 3.11. The van der Waals surface area contributed by atoms with Gasteiger partial charge >= 0.3 is 0 Å². The average molecular weight is 210 g/mol. The van der Waals surface area contributed by atoms with E-state index in [1.807, 2.05) is 18.4 Å². The Morgan fingerprint density at radius 1 is 1.57 bits per heavy atom. The molecule has 0 saturated heterocycles. The van der Waals surface area contributed by atoms with Crippen molar-refractivity contribution in [3.63, 3.8) is 0 Å². The standard InChI is InChI=1S/C9H14N4S/c1-4-5-6-14-9-12-11-8(10)13(9)7(2)3/h1,7H,5-6H2,2-3H3,(H2,10,11). The minimum Gasteiger partial charge on any atom is -0.368 e. The number of nitrogens with two attached hydrogens (primary N) is 1. The van der Waals surface area contributed by atoms with Crippen LogP contribution >= 0.6 is 11.8 Å². The van der Waals surface area contributed by atoms with Gasteiger partial charge in [-0.25, -0.2) is 0 Å². The minimum atomic E-state index is 0.276. The van der Waals surface area contributed by atoms with Crippen LogP contribution in [0, 0.1) is 12.3 Å². The van der Waals surface area contributed by atoms with Crippen LogP contribution in [-0.4, -0.2) is 20.5 Å². The van der Waals surface area contributed by atoms with Gasteiger partial charge in [0.05, 0.1) is 0 Å². The van der Waals surface area contributed by atoms with E-state index in [2.05, 4.69) is 16.1 Å². The molecule has 0 unspecified atom stereocenters. The first-order valence-electron chi connectivity index (χ1n) is 4.43. The summed E-state index contributed by atoms with van der Waals surface area (Å²) in [6.45, 7) is 4.09. The number of rotatable bonds is 4. The van der Waals surface area contributed by atoms with E-state index in [9.17, 15) is 0 Å². The zero-order valence-electron chi connectivity index (χ0n) is 8.40. The lowest BCUT2D eigenvalue weighted by Gasteiger charge is -2.10. The maximum absolute atomic E-state index is 5.68. The number of nitrogen functional groups attached to an aromatic ring is 1. The highest BCUT2D eigenvalue weighted by atomic mass is 32.2. The van der Waals surface area contributed by atoms with Crippen molar-refractivity contribution in [2.75, 3.05) is 11.5 Å². The maximum Gasteiger partial charge on any atom is 0.222 e. The summed E-state index contributed by atoms with van der Waals surface area (Å²) in [7, 11) is 0. The molecule has 0 atom stereocenters. The highest BCUT2D eigenvalue weighted by molar-refractivity contribution is 7.99. The summed E-state index contributed by atoms with van der Waals surface area (Å²) >= 11 is 1.59. The third kappa shape index (κ3) is 2.42. The zero-order valence-corrected chi connectivity index (χ0v) is 9.21. The van der Waals surface area contributed by atoms with Crippen molar-refractivity contribution < 1.29 is 0 Å². The Labute approximate surface area is 88.3 Å². The van der Waals surface area contributed by atoms with E-state index < -0.39 is 0 Å². The van der Waals surface area contributed by atoms with Gasteiger partial charge in [0.2, 0.25) is 5.95 Å². The van der Waals surface area contributed by atoms with E-state index in [0.717, 1.165) is 17.3 Å². The van der Waals surface area contributed by atoms with Gasteiger partial charge in [0.1, 0.15) is 0 Å². The Bertz CT molecular complexity index is 337. The topological polar surface area (TPSA) is 56.7 Å². The fourth-order valence-electron chi connectivity index (χ4n) is 1.07. The van der Waals surface area contributed by atoms with Crippen LogP contribution < -0.4 is 5.73 Å². The second-order valence-corrected chi connectivity index (χ2v) is 4.17. The van der Waals surface area contributed by atoms with Gasteiger partial charge in [-0.1, -0.05) is 11.8 Å². The van der Waals surface area contributed by atoms with E-state index >= 15 is 0 Å². The largest absolute Gasteiger partial charge is 0.368 e. The summed E-state index contributed by atoms with van der Waals surface area (Å²) < 4.78 is 1.90. The Balaban J connectivity index is 2.72. The van der Waals surface area contributed by atoms with E-state index in [0.29, 0.717) is 5.95 Å². The highest BCUT2D eigenvalue weighted by Gasteiger charge is 2.11. The first-order valence-corrected chi connectivity index (χ1v) is 5.42. The van der Waals surface area contributed by atoms with Crippen LogP contribution in [0.4, 0.5) is 5.95 Å². The van der Waals surface area contributed by atoms with Crippen molar-refractivity contribution in [2.45, 2.75) is 31.5 Å².